The molecule has 1 saturated heterocycles. The molecule has 3 heterocycles. The summed E-state index contributed by atoms with van der Waals surface area (Å²) in [5.41, 5.74) is 3.93. The molecule has 1 amide bonds. The normalized spacial score (nSPS) is 20.9. The third kappa shape index (κ3) is 10.1. The maximum atomic E-state index is 15.3. The van der Waals surface area contributed by atoms with Gasteiger partial charge in [-0.2, -0.15) is 9.57 Å². The third-order valence-electron chi connectivity index (χ3n) is 9.94. The van der Waals surface area contributed by atoms with Gasteiger partial charge in [-0.25, -0.2) is 17.8 Å². The lowest BCUT2D eigenvalue weighted by Gasteiger charge is -2.38. The van der Waals surface area contributed by atoms with E-state index in [1.807, 2.05) is 51.1 Å². The summed E-state index contributed by atoms with van der Waals surface area (Å²) in [4.78, 5) is 26.4. The van der Waals surface area contributed by atoms with E-state index in [1.54, 1.807) is 32.6 Å². The number of piperazine rings is 1. The van der Waals surface area contributed by atoms with Crippen LogP contribution < -0.4 is 16.0 Å². The summed E-state index contributed by atoms with van der Waals surface area (Å²) in [7, 11) is 0.271. The van der Waals surface area contributed by atoms with Crippen LogP contribution in [0.25, 0.3) is 0 Å². The van der Waals surface area contributed by atoms with Crippen molar-refractivity contribution in [3.63, 3.8) is 0 Å². The first-order valence-electron chi connectivity index (χ1n) is 18.2. The lowest BCUT2D eigenvalue weighted by atomic mass is 9.71. The summed E-state index contributed by atoms with van der Waals surface area (Å²) in [5.74, 6) is 5.85. The van der Waals surface area contributed by atoms with Gasteiger partial charge < -0.3 is 20.9 Å². The number of nitriles is 1. The number of carbonyl (C=O) groups excluding carboxylic acids is 1. The number of carbonyl (C=O) groups is 1. The summed E-state index contributed by atoms with van der Waals surface area (Å²) in [5, 5.41) is 19.4. The molecule has 0 spiro atoms. The van der Waals surface area contributed by atoms with Crippen LogP contribution >= 0.6 is 0 Å². The SMILES string of the molecule is C/N=C\C(=C/NC)NC1=CC=CN2CC(C#Cc3cc(C(=O)NCC4(C)C=C(C(C)(C)C#N)C(CN5CCN(S(C)(=O)=O)CC5)=CC4)c(F)cc3C)=CN=C12. The van der Waals surface area contributed by atoms with Crippen molar-refractivity contribution in [2.75, 3.05) is 66.2 Å². The molecule has 4 aliphatic rings. The van der Waals surface area contributed by atoms with Crippen LogP contribution in [0.5, 0.6) is 0 Å². The Morgan fingerprint density at radius 1 is 1.20 bits per heavy atom. The van der Waals surface area contributed by atoms with Crippen molar-refractivity contribution in [3.05, 3.63) is 106 Å². The highest BCUT2D eigenvalue weighted by Gasteiger charge is 2.35. The minimum atomic E-state index is -3.24. The second-order valence-corrected chi connectivity index (χ2v) is 16.9. The largest absolute Gasteiger partial charge is 0.392 e. The molecule has 1 fully saturated rings. The van der Waals surface area contributed by atoms with Crippen LogP contribution in [0.1, 0.15) is 48.7 Å². The van der Waals surface area contributed by atoms with E-state index in [4.69, 9.17) is 0 Å². The van der Waals surface area contributed by atoms with Crippen LogP contribution in [0.3, 0.4) is 0 Å². The number of halogens is 1. The van der Waals surface area contributed by atoms with Crippen LogP contribution in [0, 0.1) is 46.7 Å². The van der Waals surface area contributed by atoms with Crippen molar-refractivity contribution >= 4 is 28.0 Å². The number of aliphatic imine (C=N–C) groups is 2. The molecule has 3 aliphatic heterocycles. The number of aryl methyl sites for hydroxylation is 1. The van der Waals surface area contributed by atoms with E-state index >= 15 is 4.39 Å². The quantitative estimate of drug-likeness (QED) is 0.227. The average molecular weight is 768 g/mol. The minimum Gasteiger partial charge on any atom is -0.392 e. The number of nitrogens with zero attached hydrogens (tertiary/aromatic N) is 6. The molecule has 14 heteroatoms. The Kier molecular flexibility index (Phi) is 12.7. The van der Waals surface area contributed by atoms with E-state index < -0.39 is 32.6 Å². The highest BCUT2D eigenvalue weighted by molar-refractivity contribution is 7.88. The maximum absolute atomic E-state index is 15.3. The molecule has 1 aliphatic carbocycles. The maximum Gasteiger partial charge on any atom is 0.254 e. The molecule has 1 unspecified atom stereocenters. The van der Waals surface area contributed by atoms with Crippen molar-refractivity contribution in [3.8, 4) is 17.9 Å². The Morgan fingerprint density at radius 2 is 1.95 bits per heavy atom. The van der Waals surface area contributed by atoms with E-state index in [2.05, 4.69) is 60.9 Å². The molecule has 1 aromatic rings. The van der Waals surface area contributed by atoms with Crippen molar-refractivity contribution in [2.24, 2.45) is 20.8 Å². The highest BCUT2D eigenvalue weighted by Crippen LogP contribution is 2.41. The third-order valence-corrected chi connectivity index (χ3v) is 11.2. The zero-order valence-corrected chi connectivity index (χ0v) is 33.4. The zero-order valence-electron chi connectivity index (χ0n) is 32.6. The zero-order chi connectivity index (χ0) is 40.0. The van der Waals surface area contributed by atoms with Crippen LogP contribution in [0.2, 0.25) is 0 Å². The molecule has 1 aromatic carbocycles. The highest BCUT2D eigenvalue weighted by atomic mass is 32.2. The minimum absolute atomic E-state index is 0.0980. The number of rotatable bonds is 11. The molecular formula is C41H50FN9O3S. The first-order chi connectivity index (χ1) is 26.1. The molecule has 5 rings (SSSR count). The molecule has 1 atom stereocenters. The van der Waals surface area contributed by atoms with Gasteiger partial charge in [0.05, 0.1) is 41.2 Å². The molecule has 0 radical (unpaired) electrons. The first kappa shape index (κ1) is 40.9. The second-order valence-electron chi connectivity index (χ2n) is 15.0. The number of hydrogen-bond donors (Lipinski definition) is 3. The lowest BCUT2D eigenvalue weighted by Crippen LogP contribution is -2.49. The molecule has 0 aromatic heterocycles. The van der Waals surface area contributed by atoms with Crippen LogP contribution in [-0.4, -0.2) is 107 Å². The monoisotopic (exact) mass is 767 g/mol. The van der Waals surface area contributed by atoms with Gasteiger partial charge in [-0.1, -0.05) is 30.9 Å². The van der Waals surface area contributed by atoms with Crippen LogP contribution in [0.15, 0.2) is 93.1 Å². The number of fused-ring (bicyclic) bond motifs is 1. The van der Waals surface area contributed by atoms with Gasteiger partial charge in [0.25, 0.3) is 5.91 Å². The summed E-state index contributed by atoms with van der Waals surface area (Å²) in [6.07, 6.45) is 17.0. The van der Waals surface area contributed by atoms with Gasteiger partial charge in [0.2, 0.25) is 10.0 Å². The van der Waals surface area contributed by atoms with Crippen molar-refractivity contribution < 1.29 is 17.6 Å². The number of allylic oxidation sites excluding steroid dienone is 4. The summed E-state index contributed by atoms with van der Waals surface area (Å²) < 4.78 is 40.8. The van der Waals surface area contributed by atoms with E-state index in [-0.39, 0.29) is 12.1 Å². The number of nitrogens with one attached hydrogen (secondary N) is 3. The Bertz CT molecular complexity index is 2170. The molecule has 55 heavy (non-hydrogen) atoms. The van der Waals surface area contributed by atoms with Gasteiger partial charge in [0, 0.05) is 94.7 Å². The number of sulfonamides is 1. The van der Waals surface area contributed by atoms with Gasteiger partial charge in [-0.15, -0.1) is 0 Å². The number of hydrogen-bond acceptors (Lipinski definition) is 10. The van der Waals surface area contributed by atoms with Crippen molar-refractivity contribution in [1.82, 2.24) is 30.1 Å². The summed E-state index contributed by atoms with van der Waals surface area (Å²) in [6.45, 7) is 10.8. The Balaban J connectivity index is 1.28. The fraction of sp³-hybridized carbons (Fsp3) is 0.415. The van der Waals surface area contributed by atoms with Crippen molar-refractivity contribution in [1.29, 1.82) is 5.26 Å². The van der Waals surface area contributed by atoms with E-state index in [9.17, 15) is 18.5 Å². The van der Waals surface area contributed by atoms with E-state index in [1.165, 1.54) is 22.7 Å². The van der Waals surface area contributed by atoms with E-state index in [0.717, 1.165) is 33.9 Å². The van der Waals surface area contributed by atoms with Gasteiger partial charge in [0.15, 0.2) is 5.84 Å². The predicted octanol–water partition coefficient (Wildman–Crippen LogP) is 3.97. The molecule has 12 nitrogen and oxygen atoms in total. The molecule has 290 valence electrons. The van der Waals surface area contributed by atoms with Gasteiger partial charge >= 0.3 is 0 Å². The smallest absolute Gasteiger partial charge is 0.254 e. The van der Waals surface area contributed by atoms with Crippen molar-refractivity contribution in [2.45, 2.75) is 34.1 Å². The Labute approximate surface area is 324 Å². The number of amidine groups is 1. The molecule has 3 N–H and O–H groups in total. The Morgan fingerprint density at radius 3 is 2.62 bits per heavy atom. The van der Waals surface area contributed by atoms with Gasteiger partial charge in [-0.3, -0.25) is 14.7 Å². The topological polar surface area (TPSA) is 146 Å². The average Bonchev–Trinajstić information content (AvgIpc) is 3.14. The molecular weight excluding hydrogens is 718 g/mol. The van der Waals surface area contributed by atoms with Gasteiger partial charge in [-0.05, 0) is 68.2 Å². The van der Waals surface area contributed by atoms with E-state index in [0.29, 0.717) is 56.8 Å². The fourth-order valence-electron chi connectivity index (χ4n) is 6.75. The molecule has 0 saturated carbocycles. The summed E-state index contributed by atoms with van der Waals surface area (Å²) in [6, 6.07) is 5.25. The standard InChI is InChI=1S/C41H50FN9O3S/c1-29-19-36(42)34(20-31(29)11-10-30-22-46-38-37(9-8-14-50(38)25-30)48-33(23-44-5)24-45-6)39(52)47-28-41(4)13-12-32(35(21-41)40(2,3)27-43)26-49-15-17-51(18-16-49)55(7,53)54/h8-9,12,14,19-24,44,48H,13,15-18,25-26,28H2,1-7H3,(H,47,52)/b33-23+,45-24-. The predicted molar refractivity (Wildman–Crippen MR) is 216 cm³/mol. The number of benzene rings is 1. The fourth-order valence-corrected chi connectivity index (χ4v) is 7.58. The second kappa shape index (κ2) is 17.0. The Hall–Kier alpha value is -5.28. The van der Waals surface area contributed by atoms with Crippen LogP contribution in [0.4, 0.5) is 4.39 Å². The lowest BCUT2D eigenvalue weighted by molar-refractivity contribution is 0.0936. The first-order valence-corrected chi connectivity index (χ1v) is 20.0. The van der Waals surface area contributed by atoms with Crippen LogP contribution in [-0.2, 0) is 10.0 Å². The summed E-state index contributed by atoms with van der Waals surface area (Å²) >= 11 is 0. The molecule has 0 bridgehead atoms. The number of amides is 1. The van der Waals surface area contributed by atoms with Gasteiger partial charge in [0.1, 0.15) is 5.82 Å².